The zero-order valence-electron chi connectivity index (χ0n) is 18.5. The van der Waals surface area contributed by atoms with Crippen molar-refractivity contribution in [1.29, 1.82) is 0 Å². The van der Waals surface area contributed by atoms with Crippen LogP contribution in [0, 0.1) is 0 Å². The van der Waals surface area contributed by atoms with E-state index in [4.69, 9.17) is 9.72 Å². The van der Waals surface area contributed by atoms with Gasteiger partial charge in [-0.2, -0.15) is 0 Å². The smallest absolute Gasteiger partial charge is 0.357 e. The molecule has 0 fully saturated rings. The van der Waals surface area contributed by atoms with Crippen LogP contribution < -0.4 is 0 Å². The molecule has 4 rings (SSSR count). The van der Waals surface area contributed by atoms with E-state index in [2.05, 4.69) is 41.5 Å². The number of hydrogen-bond acceptors (Lipinski definition) is 4. The molecular formula is C25H30N4O2. The van der Waals surface area contributed by atoms with Gasteiger partial charge in [0.05, 0.1) is 29.9 Å². The summed E-state index contributed by atoms with van der Waals surface area (Å²) in [5.74, 6) is 0.467. The topological polar surface area (TPSA) is 51.8 Å². The number of carbonyl (C=O) groups is 1. The van der Waals surface area contributed by atoms with E-state index in [9.17, 15) is 4.79 Å². The monoisotopic (exact) mass is 418 g/mol. The van der Waals surface area contributed by atoms with Crippen LogP contribution in [-0.4, -0.2) is 51.1 Å². The van der Waals surface area contributed by atoms with Gasteiger partial charge in [0.15, 0.2) is 5.69 Å². The third-order valence-electron chi connectivity index (χ3n) is 5.80. The van der Waals surface area contributed by atoms with Gasteiger partial charge in [-0.1, -0.05) is 56.3 Å². The first kappa shape index (κ1) is 21.1. The molecule has 0 radical (unpaired) electrons. The Labute approximate surface area is 183 Å². The molecule has 0 N–H and O–H groups in total. The van der Waals surface area contributed by atoms with Gasteiger partial charge in [0.1, 0.15) is 0 Å². The van der Waals surface area contributed by atoms with Crippen molar-refractivity contribution in [3.63, 3.8) is 0 Å². The number of esters is 1. The Morgan fingerprint density at radius 3 is 2.32 bits per heavy atom. The maximum atomic E-state index is 13.0. The molecule has 162 valence electrons. The largest absolute Gasteiger partial charge is 0.461 e. The number of likely N-dealkylation sites (N-methyl/N-ethyl adjacent to an activating group) is 1. The molecule has 0 amide bonds. The Balaban J connectivity index is 1.89. The Bertz CT molecular complexity index is 1170. The summed E-state index contributed by atoms with van der Waals surface area (Å²) >= 11 is 0. The van der Waals surface area contributed by atoms with Gasteiger partial charge in [0, 0.05) is 13.0 Å². The zero-order valence-corrected chi connectivity index (χ0v) is 18.5. The minimum absolute atomic E-state index is 0.313. The van der Waals surface area contributed by atoms with Crippen LogP contribution in [0.5, 0.6) is 0 Å². The lowest BCUT2D eigenvalue weighted by Crippen LogP contribution is -2.26. The standard InChI is InChI=1S/C25H30N4O2/c1-4-27(5-2)17-16-20-23(24(30)31-6-3)29-22-15-11-10-14-21(22)28(25(29)26-20)18-19-12-8-7-9-13-19/h7-15H,4-6,16-18H2,1-3H3. The SMILES string of the molecule is CCOC(=O)c1c(CCN(CC)CC)nc2n(Cc3ccccc3)c3ccccc3n12. The van der Waals surface area contributed by atoms with Crippen molar-refractivity contribution in [1.82, 2.24) is 18.9 Å². The molecule has 0 saturated carbocycles. The molecular weight excluding hydrogens is 388 g/mol. The number of carbonyl (C=O) groups excluding carboxylic acids is 1. The van der Waals surface area contributed by atoms with Crippen LogP contribution in [0.1, 0.15) is 42.5 Å². The Morgan fingerprint density at radius 2 is 1.65 bits per heavy atom. The lowest BCUT2D eigenvalue weighted by atomic mass is 10.2. The Morgan fingerprint density at radius 1 is 0.968 bits per heavy atom. The lowest BCUT2D eigenvalue weighted by Gasteiger charge is -2.17. The third-order valence-corrected chi connectivity index (χ3v) is 5.80. The summed E-state index contributed by atoms with van der Waals surface area (Å²) < 4.78 is 9.62. The van der Waals surface area contributed by atoms with Crippen molar-refractivity contribution in [3.8, 4) is 0 Å². The second-order valence-electron chi connectivity index (χ2n) is 7.60. The van der Waals surface area contributed by atoms with Crippen molar-refractivity contribution in [2.75, 3.05) is 26.2 Å². The van der Waals surface area contributed by atoms with Gasteiger partial charge in [0.25, 0.3) is 0 Å². The quantitative estimate of drug-likeness (QED) is 0.378. The molecule has 0 atom stereocenters. The zero-order chi connectivity index (χ0) is 21.8. The third kappa shape index (κ3) is 4.08. The number of rotatable bonds is 9. The van der Waals surface area contributed by atoms with Gasteiger partial charge in [-0.05, 0) is 37.7 Å². The van der Waals surface area contributed by atoms with Crippen molar-refractivity contribution in [2.24, 2.45) is 0 Å². The molecule has 0 aliphatic heterocycles. The molecule has 0 aliphatic carbocycles. The molecule has 0 saturated heterocycles. The van der Waals surface area contributed by atoms with Crippen molar-refractivity contribution in [2.45, 2.75) is 33.7 Å². The van der Waals surface area contributed by atoms with E-state index < -0.39 is 0 Å². The number of ether oxygens (including phenoxy) is 1. The summed E-state index contributed by atoms with van der Waals surface area (Å²) in [6, 6.07) is 18.5. The highest BCUT2D eigenvalue weighted by Crippen LogP contribution is 2.26. The number of para-hydroxylation sites is 2. The van der Waals surface area contributed by atoms with E-state index in [1.165, 1.54) is 5.56 Å². The fraction of sp³-hybridized carbons (Fsp3) is 0.360. The first-order valence-corrected chi connectivity index (χ1v) is 11.1. The normalized spacial score (nSPS) is 11.6. The minimum Gasteiger partial charge on any atom is -0.461 e. The summed E-state index contributed by atoms with van der Waals surface area (Å²) in [5.41, 5.74) is 4.56. The second-order valence-corrected chi connectivity index (χ2v) is 7.60. The first-order valence-electron chi connectivity index (χ1n) is 11.1. The Kier molecular flexibility index (Phi) is 6.37. The average Bonchev–Trinajstić information content (AvgIpc) is 3.31. The van der Waals surface area contributed by atoms with E-state index >= 15 is 0 Å². The van der Waals surface area contributed by atoms with Gasteiger partial charge in [-0.3, -0.25) is 4.40 Å². The second kappa shape index (κ2) is 9.35. The van der Waals surface area contributed by atoms with Gasteiger partial charge < -0.3 is 14.2 Å². The predicted octanol–water partition coefficient (Wildman–Crippen LogP) is 4.40. The van der Waals surface area contributed by atoms with Crippen LogP contribution in [0.3, 0.4) is 0 Å². The fourth-order valence-corrected chi connectivity index (χ4v) is 4.16. The van der Waals surface area contributed by atoms with Crippen molar-refractivity contribution >= 4 is 22.8 Å². The first-order chi connectivity index (χ1) is 15.2. The van der Waals surface area contributed by atoms with Gasteiger partial charge >= 0.3 is 5.97 Å². The molecule has 6 nitrogen and oxygen atoms in total. The Hall–Kier alpha value is -3.12. The molecule has 31 heavy (non-hydrogen) atoms. The number of fused-ring (bicyclic) bond motifs is 3. The fourth-order valence-electron chi connectivity index (χ4n) is 4.16. The van der Waals surface area contributed by atoms with E-state index in [-0.39, 0.29) is 5.97 Å². The van der Waals surface area contributed by atoms with Crippen LogP contribution >= 0.6 is 0 Å². The number of hydrogen-bond donors (Lipinski definition) is 0. The summed E-state index contributed by atoms with van der Waals surface area (Å²) in [6.45, 7) is 9.97. The van der Waals surface area contributed by atoms with E-state index in [1.807, 2.05) is 47.7 Å². The highest BCUT2D eigenvalue weighted by atomic mass is 16.5. The van der Waals surface area contributed by atoms with Crippen molar-refractivity contribution in [3.05, 3.63) is 71.5 Å². The van der Waals surface area contributed by atoms with Gasteiger partial charge in [-0.15, -0.1) is 0 Å². The lowest BCUT2D eigenvalue weighted by molar-refractivity contribution is 0.0517. The van der Waals surface area contributed by atoms with E-state index in [0.29, 0.717) is 25.3 Å². The molecule has 2 heterocycles. The molecule has 6 heteroatoms. The van der Waals surface area contributed by atoms with E-state index in [1.54, 1.807) is 0 Å². The van der Waals surface area contributed by atoms with Crippen LogP contribution in [0.25, 0.3) is 16.8 Å². The number of benzene rings is 2. The summed E-state index contributed by atoms with van der Waals surface area (Å²) in [4.78, 5) is 20.4. The molecule has 4 aromatic rings. The molecule has 2 aromatic heterocycles. The molecule has 2 aromatic carbocycles. The summed E-state index contributed by atoms with van der Waals surface area (Å²) in [7, 11) is 0. The molecule has 0 bridgehead atoms. The molecule has 0 aliphatic rings. The van der Waals surface area contributed by atoms with Crippen LogP contribution in [0.2, 0.25) is 0 Å². The summed E-state index contributed by atoms with van der Waals surface area (Å²) in [6.07, 6.45) is 0.706. The number of aromatic nitrogens is 3. The highest BCUT2D eigenvalue weighted by Gasteiger charge is 2.25. The molecule has 0 spiro atoms. The highest BCUT2D eigenvalue weighted by molar-refractivity contribution is 5.94. The summed E-state index contributed by atoms with van der Waals surface area (Å²) in [5, 5.41) is 0. The van der Waals surface area contributed by atoms with Gasteiger partial charge in [-0.25, -0.2) is 9.78 Å². The maximum Gasteiger partial charge on any atom is 0.357 e. The van der Waals surface area contributed by atoms with Gasteiger partial charge in [0.2, 0.25) is 5.78 Å². The number of nitrogens with zero attached hydrogens (tertiary/aromatic N) is 4. The average molecular weight is 419 g/mol. The maximum absolute atomic E-state index is 13.0. The van der Waals surface area contributed by atoms with Crippen LogP contribution in [0.4, 0.5) is 0 Å². The minimum atomic E-state index is -0.313. The molecule has 0 unspecified atom stereocenters. The van der Waals surface area contributed by atoms with Crippen LogP contribution in [0.15, 0.2) is 54.6 Å². The van der Waals surface area contributed by atoms with Crippen molar-refractivity contribution < 1.29 is 9.53 Å². The number of imidazole rings is 2. The van der Waals surface area contributed by atoms with E-state index in [0.717, 1.165) is 42.1 Å². The predicted molar refractivity (Wildman–Crippen MR) is 124 cm³/mol. The van der Waals surface area contributed by atoms with Crippen LogP contribution in [-0.2, 0) is 17.7 Å².